The highest BCUT2D eigenvalue weighted by molar-refractivity contribution is 5.95. The Bertz CT molecular complexity index is 371. The summed E-state index contributed by atoms with van der Waals surface area (Å²) in [6.45, 7) is 1.93. The average Bonchev–Trinajstić information content (AvgIpc) is 2.17. The van der Waals surface area contributed by atoms with Gasteiger partial charge >= 0.3 is 0 Å². The van der Waals surface area contributed by atoms with Crippen LogP contribution in [0.4, 0.5) is 0 Å². The fourth-order valence-corrected chi connectivity index (χ4v) is 1.08. The van der Waals surface area contributed by atoms with Crippen molar-refractivity contribution in [1.82, 2.24) is 9.97 Å². The lowest BCUT2D eigenvalue weighted by molar-refractivity contribution is 0.0994. The molecule has 6 nitrogen and oxygen atoms in total. The van der Waals surface area contributed by atoms with Gasteiger partial charge in [-0.15, -0.1) is 0 Å². The zero-order valence-electron chi connectivity index (χ0n) is 8.36. The van der Waals surface area contributed by atoms with Crippen LogP contribution in [0.2, 0.25) is 0 Å². The Kier molecular flexibility index (Phi) is 3.33. The van der Waals surface area contributed by atoms with Gasteiger partial charge in [-0.3, -0.25) is 9.59 Å². The fraction of sp³-hybridized carbons (Fsp3) is 0.333. The third-order valence-corrected chi connectivity index (χ3v) is 1.75. The van der Waals surface area contributed by atoms with E-state index in [1.54, 1.807) is 0 Å². The summed E-state index contributed by atoms with van der Waals surface area (Å²) in [5.41, 5.74) is 10.2. The smallest absolute Gasteiger partial charge is 0.267 e. The number of amides is 2. The summed E-state index contributed by atoms with van der Waals surface area (Å²) >= 11 is 0. The largest absolute Gasteiger partial charge is 0.364 e. The van der Waals surface area contributed by atoms with Gasteiger partial charge in [-0.05, 0) is 6.42 Å². The highest BCUT2D eigenvalue weighted by Crippen LogP contribution is 2.03. The summed E-state index contributed by atoms with van der Waals surface area (Å²) < 4.78 is 0. The number of rotatable bonds is 4. The molecule has 2 amide bonds. The molecule has 6 heteroatoms. The van der Waals surface area contributed by atoms with Gasteiger partial charge in [-0.25, -0.2) is 9.97 Å². The molecular formula is C9H12N4O2. The molecule has 0 aliphatic heterocycles. The highest BCUT2D eigenvalue weighted by atomic mass is 16.1. The molecule has 0 atom stereocenters. The maximum Gasteiger partial charge on any atom is 0.267 e. The monoisotopic (exact) mass is 208 g/mol. The topological polar surface area (TPSA) is 112 Å². The van der Waals surface area contributed by atoms with Crippen LogP contribution in [0.3, 0.4) is 0 Å². The lowest BCUT2D eigenvalue weighted by atomic mass is 10.2. The second-order valence-electron chi connectivity index (χ2n) is 3.03. The van der Waals surface area contributed by atoms with Crippen LogP contribution in [0.5, 0.6) is 0 Å². The number of carbonyl (C=O) groups excluding carboxylic acids is 2. The quantitative estimate of drug-likeness (QED) is 0.702. The predicted octanol–water partition coefficient (Wildman–Crippen LogP) is -0.373. The first-order valence-electron chi connectivity index (χ1n) is 4.52. The van der Waals surface area contributed by atoms with Gasteiger partial charge in [0.2, 0.25) is 0 Å². The molecule has 0 spiro atoms. The summed E-state index contributed by atoms with van der Waals surface area (Å²) in [5, 5.41) is 0. The van der Waals surface area contributed by atoms with E-state index in [0.29, 0.717) is 12.2 Å². The number of carbonyl (C=O) groups is 2. The van der Waals surface area contributed by atoms with Crippen molar-refractivity contribution in [2.75, 3.05) is 0 Å². The van der Waals surface area contributed by atoms with Crippen molar-refractivity contribution in [1.29, 1.82) is 0 Å². The molecule has 1 aromatic rings. The zero-order chi connectivity index (χ0) is 11.4. The van der Waals surface area contributed by atoms with Crippen LogP contribution in [0.25, 0.3) is 0 Å². The molecule has 0 bridgehead atoms. The molecule has 80 valence electrons. The number of aromatic nitrogens is 2. The summed E-state index contributed by atoms with van der Waals surface area (Å²) in [5.74, 6) is -0.989. The lowest BCUT2D eigenvalue weighted by Crippen LogP contribution is -2.20. The molecule has 0 aliphatic rings. The maximum absolute atomic E-state index is 10.9. The van der Waals surface area contributed by atoms with Gasteiger partial charge in [0.15, 0.2) is 0 Å². The minimum atomic E-state index is -0.697. The van der Waals surface area contributed by atoms with Gasteiger partial charge in [0.25, 0.3) is 11.8 Å². The number of nitrogens with two attached hydrogens (primary N) is 2. The standard InChI is InChI=1S/C9H12N4O2/c1-2-3-7-12-5(8(10)14)4-6(13-7)9(11)15/h4H,2-3H2,1H3,(H2,10,14)(H2,11,15). The van der Waals surface area contributed by atoms with Crippen molar-refractivity contribution in [2.24, 2.45) is 11.5 Å². The minimum Gasteiger partial charge on any atom is -0.364 e. The first kappa shape index (κ1) is 11.1. The molecule has 0 radical (unpaired) electrons. The summed E-state index contributed by atoms with van der Waals surface area (Å²) in [6, 6.07) is 1.20. The van der Waals surface area contributed by atoms with Crippen LogP contribution in [-0.2, 0) is 6.42 Å². The fourth-order valence-electron chi connectivity index (χ4n) is 1.08. The Balaban J connectivity index is 3.19. The maximum atomic E-state index is 10.9. The van der Waals surface area contributed by atoms with E-state index < -0.39 is 11.8 Å². The first-order valence-corrected chi connectivity index (χ1v) is 4.52. The van der Waals surface area contributed by atoms with Crippen LogP contribution in [0.1, 0.15) is 40.1 Å². The molecule has 4 N–H and O–H groups in total. The molecule has 0 unspecified atom stereocenters. The van der Waals surface area contributed by atoms with Crippen molar-refractivity contribution in [2.45, 2.75) is 19.8 Å². The normalized spacial score (nSPS) is 9.93. The molecule has 1 rings (SSSR count). The number of aryl methyl sites for hydroxylation is 1. The number of nitrogens with zero attached hydrogens (tertiary/aromatic N) is 2. The summed E-state index contributed by atoms with van der Waals surface area (Å²) in [6.07, 6.45) is 1.38. The molecule has 0 aliphatic carbocycles. The minimum absolute atomic E-state index is 0.0160. The van der Waals surface area contributed by atoms with Crippen molar-refractivity contribution in [3.8, 4) is 0 Å². The van der Waals surface area contributed by atoms with Crippen LogP contribution in [-0.4, -0.2) is 21.8 Å². The van der Waals surface area contributed by atoms with Crippen molar-refractivity contribution in [3.63, 3.8) is 0 Å². The van der Waals surface area contributed by atoms with E-state index in [1.165, 1.54) is 6.07 Å². The van der Waals surface area contributed by atoms with Gasteiger partial charge in [0, 0.05) is 12.5 Å². The average molecular weight is 208 g/mol. The van der Waals surface area contributed by atoms with Crippen LogP contribution in [0.15, 0.2) is 6.07 Å². The van der Waals surface area contributed by atoms with E-state index in [1.807, 2.05) is 6.92 Å². The Morgan fingerprint density at radius 1 is 1.20 bits per heavy atom. The molecule has 0 saturated carbocycles. The zero-order valence-corrected chi connectivity index (χ0v) is 8.36. The van der Waals surface area contributed by atoms with Crippen molar-refractivity contribution < 1.29 is 9.59 Å². The third kappa shape index (κ3) is 2.73. The number of primary amides is 2. The molecule has 15 heavy (non-hydrogen) atoms. The molecular weight excluding hydrogens is 196 g/mol. The van der Waals surface area contributed by atoms with E-state index in [4.69, 9.17) is 11.5 Å². The van der Waals surface area contributed by atoms with E-state index in [-0.39, 0.29) is 11.4 Å². The van der Waals surface area contributed by atoms with Crippen LogP contribution < -0.4 is 11.5 Å². The third-order valence-electron chi connectivity index (χ3n) is 1.75. The Labute approximate surface area is 86.7 Å². The molecule has 1 aromatic heterocycles. The van der Waals surface area contributed by atoms with Gasteiger partial charge in [-0.2, -0.15) is 0 Å². The Morgan fingerprint density at radius 2 is 1.67 bits per heavy atom. The molecule has 0 fully saturated rings. The number of hydrogen-bond donors (Lipinski definition) is 2. The number of hydrogen-bond acceptors (Lipinski definition) is 4. The van der Waals surface area contributed by atoms with Crippen molar-refractivity contribution in [3.05, 3.63) is 23.3 Å². The molecule has 0 aromatic carbocycles. The van der Waals surface area contributed by atoms with Gasteiger partial charge in [0.1, 0.15) is 17.2 Å². The van der Waals surface area contributed by atoms with E-state index in [2.05, 4.69) is 9.97 Å². The first-order chi connectivity index (χ1) is 7.04. The predicted molar refractivity (Wildman–Crippen MR) is 53.1 cm³/mol. The summed E-state index contributed by atoms with van der Waals surface area (Å²) in [7, 11) is 0. The lowest BCUT2D eigenvalue weighted by Gasteiger charge is -2.02. The molecule has 0 saturated heterocycles. The second kappa shape index (κ2) is 4.50. The van der Waals surface area contributed by atoms with E-state index in [0.717, 1.165) is 6.42 Å². The van der Waals surface area contributed by atoms with Gasteiger partial charge < -0.3 is 11.5 Å². The molecule has 1 heterocycles. The SMILES string of the molecule is CCCc1nc(C(N)=O)cc(C(N)=O)n1. The summed E-state index contributed by atoms with van der Waals surface area (Å²) in [4.78, 5) is 29.6. The van der Waals surface area contributed by atoms with E-state index >= 15 is 0 Å². The van der Waals surface area contributed by atoms with Crippen LogP contribution in [0, 0.1) is 0 Å². The second-order valence-corrected chi connectivity index (χ2v) is 3.03. The van der Waals surface area contributed by atoms with Crippen LogP contribution >= 0.6 is 0 Å². The van der Waals surface area contributed by atoms with Crippen molar-refractivity contribution >= 4 is 11.8 Å². The van der Waals surface area contributed by atoms with Gasteiger partial charge in [0.05, 0.1) is 0 Å². The van der Waals surface area contributed by atoms with E-state index in [9.17, 15) is 9.59 Å². The highest BCUT2D eigenvalue weighted by Gasteiger charge is 2.11. The Hall–Kier alpha value is -1.98. The Morgan fingerprint density at radius 3 is 2.00 bits per heavy atom. The van der Waals surface area contributed by atoms with Gasteiger partial charge in [-0.1, -0.05) is 6.92 Å².